The van der Waals surface area contributed by atoms with Crippen LogP contribution in [-0.4, -0.2) is 16.6 Å². The fraction of sp³-hybridized carbons (Fsp3) is 0.200. The van der Waals surface area contributed by atoms with Crippen molar-refractivity contribution in [3.05, 3.63) is 77.5 Å². The van der Waals surface area contributed by atoms with Gasteiger partial charge in [0.05, 0.1) is 12.2 Å². The third kappa shape index (κ3) is 5.35. The smallest absolute Gasteiger partial charge is 0.416 e. The van der Waals surface area contributed by atoms with Crippen molar-refractivity contribution in [2.75, 3.05) is 17.7 Å². The molecule has 0 bridgehead atoms. The molecular weight excluding hydrogens is 369 g/mol. The number of ether oxygens (including phenoxy) is 1. The maximum absolute atomic E-state index is 12.7. The topological polar surface area (TPSA) is 73.1 Å². The quantitative estimate of drug-likeness (QED) is 0.631. The molecule has 0 spiro atoms. The number of nitrogen functional groups attached to an aromatic ring is 1. The number of aromatic nitrogens is 2. The highest BCUT2D eigenvalue weighted by Crippen LogP contribution is 2.29. The first-order chi connectivity index (χ1) is 13.4. The number of nitrogens with two attached hydrogens (primary N) is 1. The molecule has 0 unspecified atom stereocenters. The Labute approximate surface area is 160 Å². The third-order valence-corrected chi connectivity index (χ3v) is 4.01. The Bertz CT molecular complexity index is 900. The molecule has 1 heterocycles. The van der Waals surface area contributed by atoms with Gasteiger partial charge in [-0.05, 0) is 29.8 Å². The predicted octanol–water partition coefficient (Wildman–Crippen LogP) is 4.31. The van der Waals surface area contributed by atoms with Gasteiger partial charge in [0.25, 0.3) is 0 Å². The molecule has 0 aliphatic carbocycles. The van der Waals surface area contributed by atoms with E-state index in [0.29, 0.717) is 31.0 Å². The van der Waals surface area contributed by atoms with Crippen LogP contribution in [0.3, 0.4) is 0 Å². The van der Waals surface area contributed by atoms with Gasteiger partial charge in [0.15, 0.2) is 0 Å². The van der Waals surface area contributed by atoms with Gasteiger partial charge in [-0.15, -0.1) is 0 Å². The van der Waals surface area contributed by atoms with Crippen LogP contribution >= 0.6 is 0 Å². The Kier molecular flexibility index (Phi) is 5.98. The van der Waals surface area contributed by atoms with E-state index in [4.69, 9.17) is 10.5 Å². The van der Waals surface area contributed by atoms with Crippen molar-refractivity contribution in [2.24, 2.45) is 0 Å². The van der Waals surface area contributed by atoms with E-state index < -0.39 is 11.7 Å². The molecule has 3 aromatic rings. The Balaban J connectivity index is 1.62. The fourth-order valence-corrected chi connectivity index (χ4v) is 2.55. The highest BCUT2D eigenvalue weighted by Gasteiger charge is 2.29. The summed E-state index contributed by atoms with van der Waals surface area (Å²) in [6, 6.07) is 14.4. The van der Waals surface area contributed by atoms with Crippen LogP contribution in [0.5, 0.6) is 5.75 Å². The average molecular weight is 388 g/mol. The second-order valence-corrected chi connectivity index (χ2v) is 6.06. The van der Waals surface area contributed by atoms with Crippen molar-refractivity contribution in [3.63, 3.8) is 0 Å². The average Bonchev–Trinajstić information content (AvgIpc) is 2.68. The van der Waals surface area contributed by atoms with Crippen molar-refractivity contribution in [1.82, 2.24) is 9.97 Å². The lowest BCUT2D eigenvalue weighted by atomic mass is 10.1. The van der Waals surface area contributed by atoms with Crippen molar-refractivity contribution in [3.8, 4) is 5.75 Å². The SMILES string of the molecule is Nc1ncc(CCOc2ccccc2)c(NCc2ccc(C(F)(F)F)cc2)n1. The number of hydrogen-bond donors (Lipinski definition) is 2. The molecule has 0 amide bonds. The van der Waals surface area contributed by atoms with Gasteiger partial charge < -0.3 is 15.8 Å². The van der Waals surface area contributed by atoms with E-state index in [2.05, 4.69) is 15.3 Å². The molecule has 5 nitrogen and oxygen atoms in total. The van der Waals surface area contributed by atoms with E-state index in [-0.39, 0.29) is 5.95 Å². The predicted molar refractivity (Wildman–Crippen MR) is 101 cm³/mol. The molecule has 0 saturated carbocycles. The Morgan fingerprint density at radius 2 is 1.71 bits per heavy atom. The summed E-state index contributed by atoms with van der Waals surface area (Å²) in [7, 11) is 0. The van der Waals surface area contributed by atoms with Crippen LogP contribution in [0, 0.1) is 0 Å². The second-order valence-electron chi connectivity index (χ2n) is 6.06. The number of halogens is 3. The van der Waals surface area contributed by atoms with Gasteiger partial charge in [0.1, 0.15) is 11.6 Å². The van der Waals surface area contributed by atoms with Gasteiger partial charge >= 0.3 is 6.18 Å². The lowest BCUT2D eigenvalue weighted by Gasteiger charge is -2.13. The van der Waals surface area contributed by atoms with Crippen LogP contribution in [-0.2, 0) is 19.1 Å². The molecule has 3 rings (SSSR count). The fourth-order valence-electron chi connectivity index (χ4n) is 2.55. The normalized spacial score (nSPS) is 11.2. The Hall–Kier alpha value is -3.29. The first-order valence-corrected chi connectivity index (χ1v) is 8.61. The number of nitrogens with zero attached hydrogens (tertiary/aromatic N) is 2. The van der Waals surface area contributed by atoms with Gasteiger partial charge in [-0.3, -0.25) is 0 Å². The van der Waals surface area contributed by atoms with Crippen LogP contribution in [0.25, 0.3) is 0 Å². The van der Waals surface area contributed by atoms with Crippen LogP contribution in [0.15, 0.2) is 60.8 Å². The molecule has 0 saturated heterocycles. The molecule has 146 valence electrons. The van der Waals surface area contributed by atoms with Gasteiger partial charge in [-0.2, -0.15) is 18.2 Å². The first kappa shape index (κ1) is 19.5. The number of hydrogen-bond acceptors (Lipinski definition) is 5. The van der Waals surface area contributed by atoms with E-state index in [0.717, 1.165) is 23.4 Å². The minimum absolute atomic E-state index is 0.114. The summed E-state index contributed by atoms with van der Waals surface area (Å²) in [5, 5.41) is 3.11. The van der Waals surface area contributed by atoms with Crippen LogP contribution < -0.4 is 15.8 Å². The number of rotatable bonds is 7. The molecule has 2 aromatic carbocycles. The van der Waals surface area contributed by atoms with E-state index in [1.165, 1.54) is 12.1 Å². The van der Waals surface area contributed by atoms with E-state index in [9.17, 15) is 13.2 Å². The maximum atomic E-state index is 12.7. The van der Waals surface area contributed by atoms with E-state index in [1.807, 2.05) is 30.3 Å². The molecule has 0 aliphatic rings. The van der Waals surface area contributed by atoms with E-state index in [1.54, 1.807) is 6.20 Å². The van der Waals surface area contributed by atoms with Gasteiger partial charge in [0.2, 0.25) is 5.95 Å². The number of alkyl halides is 3. The highest BCUT2D eigenvalue weighted by molar-refractivity contribution is 5.46. The standard InChI is InChI=1S/C20H19F3N4O/c21-20(22,23)16-8-6-14(7-9-16)12-25-18-15(13-26-19(24)27-18)10-11-28-17-4-2-1-3-5-17/h1-9,13H,10-12H2,(H3,24,25,26,27). The molecule has 28 heavy (non-hydrogen) atoms. The first-order valence-electron chi connectivity index (χ1n) is 8.61. The van der Waals surface area contributed by atoms with Crippen LogP contribution in [0.4, 0.5) is 24.9 Å². The van der Waals surface area contributed by atoms with E-state index >= 15 is 0 Å². The lowest BCUT2D eigenvalue weighted by Crippen LogP contribution is -2.11. The maximum Gasteiger partial charge on any atom is 0.416 e. The molecule has 8 heteroatoms. The van der Waals surface area contributed by atoms with Crippen LogP contribution in [0.1, 0.15) is 16.7 Å². The zero-order chi connectivity index (χ0) is 20.0. The number of anilines is 2. The van der Waals surface area contributed by atoms with Crippen molar-refractivity contribution < 1.29 is 17.9 Å². The molecule has 1 aromatic heterocycles. The summed E-state index contributed by atoms with van der Waals surface area (Å²) in [5.74, 6) is 1.41. The minimum atomic E-state index is -4.35. The zero-order valence-electron chi connectivity index (χ0n) is 14.9. The number of nitrogens with one attached hydrogen (secondary N) is 1. The van der Waals surface area contributed by atoms with Gasteiger partial charge in [-0.25, -0.2) is 4.98 Å². The third-order valence-electron chi connectivity index (χ3n) is 4.01. The Morgan fingerprint density at radius 1 is 1.00 bits per heavy atom. The monoisotopic (exact) mass is 388 g/mol. The summed E-state index contributed by atoms with van der Waals surface area (Å²) < 4.78 is 43.6. The second kappa shape index (κ2) is 8.60. The van der Waals surface area contributed by atoms with Crippen molar-refractivity contribution >= 4 is 11.8 Å². The van der Waals surface area contributed by atoms with Gasteiger partial charge in [-0.1, -0.05) is 30.3 Å². The molecule has 3 N–H and O–H groups in total. The van der Waals surface area contributed by atoms with Crippen LogP contribution in [0.2, 0.25) is 0 Å². The summed E-state index contributed by atoms with van der Waals surface area (Å²) in [6.07, 6.45) is -2.19. The van der Waals surface area contributed by atoms with Crippen molar-refractivity contribution in [1.29, 1.82) is 0 Å². The minimum Gasteiger partial charge on any atom is -0.493 e. The summed E-state index contributed by atoms with van der Waals surface area (Å²) in [5.41, 5.74) is 6.48. The molecule has 0 radical (unpaired) electrons. The van der Waals surface area contributed by atoms with Gasteiger partial charge in [0, 0.05) is 24.7 Å². The highest BCUT2D eigenvalue weighted by atomic mass is 19.4. The largest absolute Gasteiger partial charge is 0.493 e. The zero-order valence-corrected chi connectivity index (χ0v) is 14.9. The summed E-state index contributed by atoms with van der Waals surface area (Å²) >= 11 is 0. The summed E-state index contributed by atoms with van der Waals surface area (Å²) in [4.78, 5) is 8.20. The van der Waals surface area contributed by atoms with Crippen molar-refractivity contribution in [2.45, 2.75) is 19.1 Å². The molecule has 0 atom stereocenters. The molecule has 0 fully saturated rings. The lowest BCUT2D eigenvalue weighted by molar-refractivity contribution is -0.137. The molecular formula is C20H19F3N4O. The summed E-state index contributed by atoms with van der Waals surface area (Å²) in [6.45, 7) is 0.730. The molecule has 0 aliphatic heterocycles. The number of para-hydroxylation sites is 1. The Morgan fingerprint density at radius 3 is 2.39 bits per heavy atom. The number of benzene rings is 2.